The quantitative estimate of drug-likeness (QED) is 0.444. The molecule has 1 aliphatic heterocycles. The number of tetrazole rings is 1. The molecular weight excluding hydrogens is 432 g/mol. The van der Waals surface area contributed by atoms with E-state index in [0.29, 0.717) is 22.8 Å². The van der Waals surface area contributed by atoms with Gasteiger partial charge in [-0.1, -0.05) is 23.7 Å². The number of ether oxygens (including phenoxy) is 1. The molecule has 4 rings (SSSR count). The zero-order valence-corrected chi connectivity index (χ0v) is 17.5. The number of thiophene rings is 1. The Kier molecular flexibility index (Phi) is 6.16. The van der Waals surface area contributed by atoms with Crippen LogP contribution in [0.15, 0.2) is 30.3 Å². The lowest BCUT2D eigenvalue weighted by molar-refractivity contribution is -0.231. The summed E-state index contributed by atoms with van der Waals surface area (Å²) in [6.07, 6.45) is -5.50. The lowest BCUT2D eigenvalue weighted by Crippen LogP contribution is -2.55. The highest BCUT2D eigenvalue weighted by Gasteiger charge is 2.44. The Hall–Kier alpha value is -1.92. The van der Waals surface area contributed by atoms with Crippen molar-refractivity contribution >= 4 is 22.9 Å². The molecule has 1 aliphatic rings. The summed E-state index contributed by atoms with van der Waals surface area (Å²) in [7, 11) is 1.70. The molecule has 0 bridgehead atoms. The molecule has 3 heterocycles. The monoisotopic (exact) mass is 452 g/mol. The van der Waals surface area contributed by atoms with Gasteiger partial charge in [-0.15, -0.1) is 21.5 Å². The zero-order chi connectivity index (χ0) is 21.4. The SMILES string of the molecule is Cn1nnc(-c2ccc(Cc3cc([C@@H]4O[C@H](CO)[C@@H](O)[C@H](O)[C@H]4O)ccc3Cl)s2)n1. The van der Waals surface area contributed by atoms with Crippen LogP contribution in [0.25, 0.3) is 10.7 Å². The smallest absolute Gasteiger partial charge is 0.214 e. The summed E-state index contributed by atoms with van der Waals surface area (Å²) >= 11 is 7.92. The van der Waals surface area contributed by atoms with E-state index in [0.717, 1.165) is 15.3 Å². The first-order chi connectivity index (χ1) is 14.4. The van der Waals surface area contributed by atoms with Gasteiger partial charge < -0.3 is 25.2 Å². The summed E-state index contributed by atoms with van der Waals surface area (Å²) in [5.74, 6) is 0.551. The maximum atomic E-state index is 10.4. The van der Waals surface area contributed by atoms with Crippen molar-refractivity contribution in [3.63, 3.8) is 0 Å². The van der Waals surface area contributed by atoms with E-state index in [2.05, 4.69) is 15.4 Å². The minimum atomic E-state index is -1.43. The third-order valence-electron chi connectivity index (χ3n) is 5.05. The number of hydrogen-bond donors (Lipinski definition) is 4. The summed E-state index contributed by atoms with van der Waals surface area (Å²) in [6.45, 7) is -0.476. The molecule has 30 heavy (non-hydrogen) atoms. The molecule has 1 fully saturated rings. The Morgan fingerprint density at radius 2 is 1.93 bits per heavy atom. The van der Waals surface area contributed by atoms with Crippen LogP contribution in [0.3, 0.4) is 0 Å². The highest BCUT2D eigenvalue weighted by atomic mass is 35.5. The Morgan fingerprint density at radius 3 is 2.63 bits per heavy atom. The first kappa shape index (κ1) is 21.3. The molecule has 11 heteroatoms. The minimum absolute atomic E-state index is 0.476. The zero-order valence-electron chi connectivity index (χ0n) is 16.0. The van der Waals surface area contributed by atoms with Gasteiger partial charge in [0.15, 0.2) is 0 Å². The van der Waals surface area contributed by atoms with Crippen molar-refractivity contribution in [2.45, 2.75) is 36.9 Å². The van der Waals surface area contributed by atoms with Crippen molar-refractivity contribution in [1.82, 2.24) is 20.2 Å². The summed E-state index contributed by atoms with van der Waals surface area (Å²) in [4.78, 5) is 3.32. The van der Waals surface area contributed by atoms with Crippen LogP contribution in [0.1, 0.15) is 22.1 Å². The number of halogens is 1. The predicted molar refractivity (Wildman–Crippen MR) is 109 cm³/mol. The topological polar surface area (TPSA) is 134 Å². The van der Waals surface area contributed by atoms with Crippen molar-refractivity contribution in [3.8, 4) is 10.7 Å². The van der Waals surface area contributed by atoms with Crippen LogP contribution in [0.2, 0.25) is 5.02 Å². The minimum Gasteiger partial charge on any atom is -0.394 e. The number of aliphatic hydroxyl groups is 4. The summed E-state index contributed by atoms with van der Waals surface area (Å²) in [6, 6.07) is 9.09. The molecule has 160 valence electrons. The van der Waals surface area contributed by atoms with Crippen molar-refractivity contribution in [3.05, 3.63) is 51.4 Å². The summed E-state index contributed by atoms with van der Waals surface area (Å²) in [5.41, 5.74) is 1.41. The normalized spacial score (nSPS) is 26.8. The molecule has 2 aromatic heterocycles. The molecule has 5 atom stereocenters. The van der Waals surface area contributed by atoms with Crippen LogP contribution in [-0.2, 0) is 18.2 Å². The third-order valence-corrected chi connectivity index (χ3v) is 6.50. The molecule has 0 radical (unpaired) electrons. The summed E-state index contributed by atoms with van der Waals surface area (Å²) < 4.78 is 5.65. The highest BCUT2D eigenvalue weighted by Crippen LogP contribution is 2.35. The van der Waals surface area contributed by atoms with E-state index >= 15 is 0 Å². The average Bonchev–Trinajstić information content (AvgIpc) is 3.37. The third kappa shape index (κ3) is 4.12. The Morgan fingerprint density at radius 1 is 1.13 bits per heavy atom. The van der Waals surface area contributed by atoms with Gasteiger partial charge in [-0.05, 0) is 34.5 Å². The van der Waals surface area contributed by atoms with Crippen LogP contribution in [-0.4, -0.2) is 71.7 Å². The van der Waals surface area contributed by atoms with Crippen molar-refractivity contribution in [1.29, 1.82) is 0 Å². The van der Waals surface area contributed by atoms with E-state index < -0.39 is 37.1 Å². The fraction of sp³-hybridized carbons (Fsp3) is 0.421. The van der Waals surface area contributed by atoms with E-state index in [1.54, 1.807) is 25.2 Å². The average molecular weight is 453 g/mol. The van der Waals surface area contributed by atoms with Crippen LogP contribution in [0.4, 0.5) is 0 Å². The van der Waals surface area contributed by atoms with Gasteiger partial charge in [0, 0.05) is 16.3 Å². The first-order valence-electron chi connectivity index (χ1n) is 9.29. The van der Waals surface area contributed by atoms with Crippen LogP contribution in [0.5, 0.6) is 0 Å². The largest absolute Gasteiger partial charge is 0.394 e. The molecule has 1 aromatic carbocycles. The molecule has 1 saturated heterocycles. The summed E-state index contributed by atoms with van der Waals surface area (Å²) in [5, 5.41) is 52.5. The lowest BCUT2D eigenvalue weighted by Gasteiger charge is -2.40. The molecule has 0 unspecified atom stereocenters. The van der Waals surface area contributed by atoms with Gasteiger partial charge in [0.1, 0.15) is 30.5 Å². The second kappa shape index (κ2) is 8.67. The van der Waals surface area contributed by atoms with Crippen LogP contribution >= 0.6 is 22.9 Å². The maximum absolute atomic E-state index is 10.4. The fourth-order valence-corrected chi connectivity index (χ4v) is 4.59. The van der Waals surface area contributed by atoms with Gasteiger partial charge in [0.2, 0.25) is 5.82 Å². The van der Waals surface area contributed by atoms with Crippen LogP contribution < -0.4 is 0 Å². The first-order valence-corrected chi connectivity index (χ1v) is 10.5. The number of aryl methyl sites for hydroxylation is 1. The van der Waals surface area contributed by atoms with Gasteiger partial charge in [0.25, 0.3) is 0 Å². The number of nitrogens with zero attached hydrogens (tertiary/aromatic N) is 4. The molecular formula is C19H21ClN4O5S. The van der Waals surface area contributed by atoms with Crippen molar-refractivity contribution in [2.24, 2.45) is 7.05 Å². The molecule has 0 aliphatic carbocycles. The Balaban J connectivity index is 1.57. The highest BCUT2D eigenvalue weighted by molar-refractivity contribution is 7.15. The number of aromatic nitrogens is 4. The molecule has 4 N–H and O–H groups in total. The molecule has 3 aromatic rings. The number of hydrogen-bond acceptors (Lipinski definition) is 9. The second-order valence-electron chi connectivity index (χ2n) is 7.15. The van der Waals surface area contributed by atoms with E-state index in [4.69, 9.17) is 16.3 Å². The van der Waals surface area contributed by atoms with Crippen molar-refractivity contribution in [2.75, 3.05) is 6.61 Å². The molecule has 0 spiro atoms. The fourth-order valence-electron chi connectivity index (χ4n) is 3.45. The van der Waals surface area contributed by atoms with Gasteiger partial charge >= 0.3 is 0 Å². The van der Waals surface area contributed by atoms with Gasteiger partial charge in [-0.3, -0.25) is 0 Å². The van der Waals surface area contributed by atoms with E-state index in [-0.39, 0.29) is 0 Å². The molecule has 0 saturated carbocycles. The Bertz CT molecular complexity index is 1030. The van der Waals surface area contributed by atoms with Crippen molar-refractivity contribution < 1.29 is 25.2 Å². The predicted octanol–water partition coefficient (Wildman–Crippen LogP) is 0.698. The van der Waals surface area contributed by atoms with E-state index in [9.17, 15) is 20.4 Å². The standard InChI is InChI=1S/C19H21ClN4O5S/c1-24-22-19(21-23-24)14-5-3-11(30-14)7-10-6-9(2-4-12(10)20)18-17(28)16(27)15(26)13(8-25)29-18/h2-6,13,15-18,25-28H,7-8H2,1H3/t13-,15-,16+,17-,18+/m1/s1. The second-order valence-corrected chi connectivity index (χ2v) is 8.72. The van der Waals surface area contributed by atoms with Gasteiger partial charge in [-0.2, -0.15) is 4.80 Å². The number of rotatable bonds is 5. The van der Waals surface area contributed by atoms with Gasteiger partial charge in [0.05, 0.1) is 18.5 Å². The Labute approximate surface area is 181 Å². The molecule has 9 nitrogen and oxygen atoms in total. The number of aliphatic hydroxyl groups excluding tert-OH is 4. The maximum Gasteiger partial charge on any atom is 0.214 e. The molecule has 0 amide bonds. The van der Waals surface area contributed by atoms with Gasteiger partial charge in [-0.25, -0.2) is 0 Å². The number of benzene rings is 1. The van der Waals surface area contributed by atoms with E-state index in [1.165, 1.54) is 16.1 Å². The lowest BCUT2D eigenvalue weighted by atomic mass is 9.90. The van der Waals surface area contributed by atoms with E-state index in [1.807, 2.05) is 12.1 Å². The van der Waals surface area contributed by atoms with Crippen LogP contribution in [0, 0.1) is 0 Å².